The van der Waals surface area contributed by atoms with Crippen LogP contribution in [0.1, 0.15) is 0 Å². The van der Waals surface area contributed by atoms with Crippen LogP contribution in [0.4, 0.5) is 5.13 Å². The van der Waals surface area contributed by atoms with Crippen molar-refractivity contribution in [2.75, 3.05) is 11.1 Å². The molecule has 0 unspecified atom stereocenters. The molecule has 0 bridgehead atoms. The van der Waals surface area contributed by atoms with Crippen LogP contribution in [-0.2, 0) is 4.79 Å². The van der Waals surface area contributed by atoms with Crippen LogP contribution in [-0.4, -0.2) is 31.9 Å². The van der Waals surface area contributed by atoms with Crippen LogP contribution in [0.2, 0.25) is 5.02 Å². The van der Waals surface area contributed by atoms with Gasteiger partial charge in [0.05, 0.1) is 11.4 Å². The van der Waals surface area contributed by atoms with E-state index in [1.54, 1.807) is 24.3 Å². The van der Waals surface area contributed by atoms with E-state index < -0.39 is 0 Å². The molecule has 4 aromatic rings. The molecular formula is C19H13ClN4O3S2. The lowest BCUT2D eigenvalue weighted by molar-refractivity contribution is -0.113. The summed E-state index contributed by atoms with van der Waals surface area (Å²) in [5, 5.41) is 23.3. The van der Waals surface area contributed by atoms with Gasteiger partial charge in [-0.2, -0.15) is 0 Å². The Labute approximate surface area is 178 Å². The van der Waals surface area contributed by atoms with Crippen molar-refractivity contribution >= 4 is 45.7 Å². The Hall–Kier alpha value is -2.88. The average Bonchev–Trinajstić information content (AvgIpc) is 3.37. The third-order valence-corrected chi connectivity index (χ3v) is 5.57. The third-order valence-electron chi connectivity index (χ3n) is 3.74. The molecule has 29 heavy (non-hydrogen) atoms. The van der Waals surface area contributed by atoms with Crippen molar-refractivity contribution in [1.29, 1.82) is 0 Å². The Morgan fingerprint density at radius 2 is 1.83 bits per heavy atom. The number of rotatable bonds is 6. The quantitative estimate of drug-likeness (QED) is 0.405. The van der Waals surface area contributed by atoms with E-state index in [0.29, 0.717) is 21.6 Å². The minimum Gasteiger partial charge on any atom is -0.508 e. The second-order valence-corrected chi connectivity index (χ2v) is 8.02. The first-order valence-corrected chi connectivity index (χ1v) is 10.6. The van der Waals surface area contributed by atoms with Crippen molar-refractivity contribution in [2.45, 2.75) is 5.22 Å². The number of halogens is 1. The molecule has 2 aromatic heterocycles. The zero-order valence-corrected chi connectivity index (χ0v) is 17.1. The van der Waals surface area contributed by atoms with Crippen molar-refractivity contribution in [1.82, 2.24) is 15.2 Å². The van der Waals surface area contributed by atoms with Gasteiger partial charge in [-0.25, -0.2) is 4.98 Å². The van der Waals surface area contributed by atoms with Crippen molar-refractivity contribution in [3.8, 4) is 28.5 Å². The normalized spacial score (nSPS) is 10.8. The predicted molar refractivity (Wildman–Crippen MR) is 113 cm³/mol. The molecule has 0 aliphatic carbocycles. The fourth-order valence-electron chi connectivity index (χ4n) is 2.36. The monoisotopic (exact) mass is 444 g/mol. The first kappa shape index (κ1) is 19.4. The largest absolute Gasteiger partial charge is 0.508 e. The molecule has 0 atom stereocenters. The minimum absolute atomic E-state index is 0.104. The van der Waals surface area contributed by atoms with Gasteiger partial charge in [0, 0.05) is 21.5 Å². The Bertz CT molecular complexity index is 1130. The average molecular weight is 445 g/mol. The number of aromatic nitrogens is 3. The predicted octanol–water partition coefficient (Wildman–Crippen LogP) is 4.95. The number of amides is 1. The maximum Gasteiger partial charge on any atom is 0.277 e. The lowest BCUT2D eigenvalue weighted by atomic mass is 10.2. The van der Waals surface area contributed by atoms with E-state index >= 15 is 0 Å². The van der Waals surface area contributed by atoms with Crippen LogP contribution in [0.15, 0.2) is 63.6 Å². The number of hydrogen-bond donors (Lipinski definition) is 2. The summed E-state index contributed by atoms with van der Waals surface area (Å²) in [5.41, 5.74) is 2.38. The summed E-state index contributed by atoms with van der Waals surface area (Å²) >= 11 is 8.37. The van der Waals surface area contributed by atoms with Crippen molar-refractivity contribution < 1.29 is 14.3 Å². The van der Waals surface area contributed by atoms with E-state index in [-0.39, 0.29) is 22.6 Å². The number of benzene rings is 2. The van der Waals surface area contributed by atoms with E-state index in [4.69, 9.17) is 16.0 Å². The second-order valence-electron chi connectivity index (χ2n) is 5.80. The van der Waals surface area contributed by atoms with Gasteiger partial charge >= 0.3 is 0 Å². The van der Waals surface area contributed by atoms with Crippen LogP contribution in [0.25, 0.3) is 22.7 Å². The summed E-state index contributed by atoms with van der Waals surface area (Å²) in [7, 11) is 0. The van der Waals surface area contributed by atoms with Gasteiger partial charge in [0.2, 0.25) is 11.8 Å². The molecule has 7 nitrogen and oxygen atoms in total. The summed E-state index contributed by atoms with van der Waals surface area (Å²) in [4.78, 5) is 16.6. The molecule has 146 valence electrons. The number of nitrogens with one attached hydrogen (secondary N) is 1. The fraction of sp³-hybridized carbons (Fsp3) is 0.0526. The number of phenolic OH excluding ortho intramolecular Hbond substituents is 1. The molecule has 1 amide bonds. The Morgan fingerprint density at radius 3 is 2.59 bits per heavy atom. The highest BCUT2D eigenvalue weighted by Gasteiger charge is 2.13. The molecule has 2 N–H and O–H groups in total. The number of nitrogens with zero attached hydrogens (tertiary/aromatic N) is 3. The fourth-order valence-corrected chi connectivity index (χ4v) is 3.78. The molecule has 0 aliphatic heterocycles. The van der Waals surface area contributed by atoms with Crippen LogP contribution < -0.4 is 5.32 Å². The van der Waals surface area contributed by atoms with E-state index in [9.17, 15) is 9.90 Å². The summed E-state index contributed by atoms with van der Waals surface area (Å²) in [6, 6.07) is 13.7. The lowest BCUT2D eigenvalue weighted by Gasteiger charge is -2.00. The van der Waals surface area contributed by atoms with Gasteiger partial charge in [0.25, 0.3) is 5.22 Å². The summed E-state index contributed by atoms with van der Waals surface area (Å²) in [6.45, 7) is 0. The summed E-state index contributed by atoms with van der Waals surface area (Å²) in [5.74, 6) is 0.352. The first-order valence-electron chi connectivity index (χ1n) is 8.34. The summed E-state index contributed by atoms with van der Waals surface area (Å²) < 4.78 is 5.54. The molecule has 0 fully saturated rings. The maximum absolute atomic E-state index is 12.2. The highest BCUT2D eigenvalue weighted by Crippen LogP contribution is 2.27. The van der Waals surface area contributed by atoms with Gasteiger partial charge in [-0.05, 0) is 36.4 Å². The van der Waals surface area contributed by atoms with Gasteiger partial charge in [-0.3, -0.25) is 4.79 Å². The number of aromatic hydroxyl groups is 1. The molecule has 2 aromatic carbocycles. The molecule has 0 aliphatic rings. The van der Waals surface area contributed by atoms with Crippen LogP contribution in [0.5, 0.6) is 5.75 Å². The Balaban J connectivity index is 1.33. The standard InChI is InChI=1S/C19H13ClN4O3S2/c20-13-5-1-11(2-6-13)15-9-28-18(21-15)22-16(26)10-29-19-24-23-17(27-19)12-3-7-14(25)8-4-12/h1-9,25H,10H2,(H,21,22,26). The molecule has 0 saturated heterocycles. The van der Waals surface area contributed by atoms with Gasteiger partial charge in [0.15, 0.2) is 5.13 Å². The van der Waals surface area contributed by atoms with E-state index in [2.05, 4.69) is 20.5 Å². The van der Waals surface area contributed by atoms with Gasteiger partial charge in [-0.1, -0.05) is 35.5 Å². The maximum atomic E-state index is 12.2. The van der Waals surface area contributed by atoms with Crippen LogP contribution >= 0.6 is 34.7 Å². The third kappa shape index (κ3) is 4.94. The highest BCUT2D eigenvalue weighted by atomic mass is 35.5. The van der Waals surface area contributed by atoms with Crippen LogP contribution in [0, 0.1) is 0 Å². The van der Waals surface area contributed by atoms with Crippen LogP contribution in [0.3, 0.4) is 0 Å². The summed E-state index contributed by atoms with van der Waals surface area (Å²) in [6.07, 6.45) is 0. The van der Waals surface area contributed by atoms with Crippen molar-refractivity contribution in [3.05, 3.63) is 58.9 Å². The second kappa shape index (κ2) is 8.64. The van der Waals surface area contributed by atoms with Crippen molar-refractivity contribution in [2.24, 2.45) is 0 Å². The number of thioether (sulfide) groups is 1. The Morgan fingerprint density at radius 1 is 1.10 bits per heavy atom. The number of anilines is 1. The van der Waals surface area contributed by atoms with E-state index in [1.807, 2.05) is 17.5 Å². The highest BCUT2D eigenvalue weighted by molar-refractivity contribution is 7.99. The van der Waals surface area contributed by atoms with Gasteiger partial charge in [-0.15, -0.1) is 21.5 Å². The number of thiazole rings is 1. The Kier molecular flexibility index (Phi) is 5.79. The molecule has 0 saturated carbocycles. The molecule has 2 heterocycles. The number of carbonyl (C=O) groups is 1. The van der Waals surface area contributed by atoms with Gasteiger partial charge in [0.1, 0.15) is 5.75 Å². The number of hydrogen-bond acceptors (Lipinski definition) is 8. The SMILES string of the molecule is O=C(CSc1nnc(-c2ccc(O)cc2)o1)Nc1nc(-c2ccc(Cl)cc2)cs1. The number of carbonyl (C=O) groups excluding carboxylic acids is 1. The zero-order chi connectivity index (χ0) is 20.2. The topological polar surface area (TPSA) is 101 Å². The smallest absolute Gasteiger partial charge is 0.277 e. The zero-order valence-electron chi connectivity index (χ0n) is 14.7. The lowest BCUT2D eigenvalue weighted by Crippen LogP contribution is -2.13. The number of phenols is 1. The minimum atomic E-state index is -0.226. The molecule has 4 rings (SSSR count). The molecule has 10 heteroatoms. The molecule has 0 radical (unpaired) electrons. The van der Waals surface area contributed by atoms with Gasteiger partial charge < -0.3 is 14.8 Å². The molecule has 0 spiro atoms. The molecular weight excluding hydrogens is 432 g/mol. The van der Waals surface area contributed by atoms with Crippen molar-refractivity contribution in [3.63, 3.8) is 0 Å². The van der Waals surface area contributed by atoms with E-state index in [0.717, 1.165) is 23.0 Å². The first-order chi connectivity index (χ1) is 14.1. The van der Waals surface area contributed by atoms with E-state index in [1.165, 1.54) is 23.5 Å².